The minimum Gasteiger partial charge on any atom is -0.462 e. The van der Waals surface area contributed by atoms with E-state index in [1.165, 1.54) is 6.20 Å². The summed E-state index contributed by atoms with van der Waals surface area (Å²) < 4.78 is 4.86. The summed E-state index contributed by atoms with van der Waals surface area (Å²) in [7, 11) is 0. The number of nitrogens with zero attached hydrogens (tertiary/aromatic N) is 1. The molecule has 0 fully saturated rings. The van der Waals surface area contributed by atoms with Gasteiger partial charge >= 0.3 is 5.97 Å². The van der Waals surface area contributed by atoms with E-state index in [4.69, 9.17) is 9.84 Å². The molecule has 0 radical (unpaired) electrons. The van der Waals surface area contributed by atoms with Crippen molar-refractivity contribution in [3.05, 3.63) is 29.1 Å². The fraction of sp³-hybridized carbons (Fsp3) is 0.455. The first-order valence-corrected chi connectivity index (χ1v) is 4.98. The summed E-state index contributed by atoms with van der Waals surface area (Å²) in [5, 5.41) is 9.00. The Morgan fingerprint density at radius 2 is 2.27 bits per heavy atom. The van der Waals surface area contributed by atoms with Gasteiger partial charge in [-0.25, -0.2) is 4.79 Å². The van der Waals surface area contributed by atoms with E-state index < -0.39 is 0 Å². The molecule has 1 heterocycles. The van der Waals surface area contributed by atoms with Crippen molar-refractivity contribution in [1.82, 2.24) is 4.98 Å². The van der Waals surface area contributed by atoms with Gasteiger partial charge in [0.25, 0.3) is 0 Å². The van der Waals surface area contributed by atoms with Crippen molar-refractivity contribution in [2.75, 3.05) is 6.61 Å². The van der Waals surface area contributed by atoms with Crippen LogP contribution in [0.4, 0.5) is 0 Å². The van der Waals surface area contributed by atoms with Gasteiger partial charge in [-0.2, -0.15) is 0 Å². The van der Waals surface area contributed by atoms with Crippen molar-refractivity contribution >= 4 is 5.97 Å². The Balaban J connectivity index is 2.97. The number of esters is 1. The maximum atomic E-state index is 11.4. The first kappa shape index (κ1) is 11.7. The van der Waals surface area contributed by atoms with Crippen LogP contribution in [0.1, 0.15) is 35.5 Å². The molecule has 0 aliphatic heterocycles. The molecule has 0 aromatic carbocycles. The molecule has 4 heteroatoms. The highest BCUT2D eigenvalue weighted by Crippen LogP contribution is 2.11. The number of carbonyl (C=O) groups excluding carboxylic acids is 1. The van der Waals surface area contributed by atoms with Gasteiger partial charge in [0, 0.05) is 6.20 Å². The second kappa shape index (κ2) is 5.46. The minimum absolute atomic E-state index is 0.105. The van der Waals surface area contributed by atoms with Gasteiger partial charge in [0.1, 0.15) is 0 Å². The highest BCUT2D eigenvalue weighted by Gasteiger charge is 2.10. The maximum Gasteiger partial charge on any atom is 0.339 e. The number of rotatable bonds is 4. The Hall–Kier alpha value is -1.42. The summed E-state index contributed by atoms with van der Waals surface area (Å²) >= 11 is 0. The molecule has 0 saturated carbocycles. The van der Waals surface area contributed by atoms with Crippen molar-refractivity contribution < 1.29 is 14.6 Å². The maximum absolute atomic E-state index is 11.4. The largest absolute Gasteiger partial charge is 0.462 e. The van der Waals surface area contributed by atoms with Gasteiger partial charge in [-0.1, -0.05) is 6.92 Å². The fourth-order valence-electron chi connectivity index (χ4n) is 1.31. The van der Waals surface area contributed by atoms with Gasteiger partial charge in [-0.3, -0.25) is 4.98 Å². The molecule has 1 rings (SSSR count). The van der Waals surface area contributed by atoms with Crippen molar-refractivity contribution in [2.24, 2.45) is 0 Å². The minimum atomic E-state index is -0.371. The van der Waals surface area contributed by atoms with Gasteiger partial charge in [-0.15, -0.1) is 0 Å². The van der Waals surface area contributed by atoms with E-state index in [1.54, 1.807) is 13.0 Å². The van der Waals surface area contributed by atoms with Crippen molar-refractivity contribution in [1.29, 1.82) is 0 Å². The molecule has 1 aromatic heterocycles. The molecule has 15 heavy (non-hydrogen) atoms. The summed E-state index contributed by atoms with van der Waals surface area (Å²) in [5.41, 5.74) is 1.93. The van der Waals surface area contributed by atoms with Gasteiger partial charge in [0.2, 0.25) is 0 Å². The van der Waals surface area contributed by atoms with E-state index >= 15 is 0 Å². The Bertz CT molecular complexity index is 350. The summed E-state index contributed by atoms with van der Waals surface area (Å²) in [6.07, 6.45) is 2.17. The summed E-state index contributed by atoms with van der Waals surface area (Å²) in [6.45, 7) is 3.95. The van der Waals surface area contributed by atoms with Crippen molar-refractivity contribution in [2.45, 2.75) is 26.9 Å². The number of hydrogen-bond acceptors (Lipinski definition) is 4. The summed E-state index contributed by atoms with van der Waals surface area (Å²) in [6, 6.07) is 1.72. The molecular weight excluding hydrogens is 194 g/mol. The molecule has 1 aromatic rings. The lowest BCUT2D eigenvalue weighted by Gasteiger charge is -2.06. The first-order chi connectivity index (χ1) is 7.22. The van der Waals surface area contributed by atoms with E-state index in [9.17, 15) is 4.79 Å². The van der Waals surface area contributed by atoms with Crippen LogP contribution in [0, 0.1) is 0 Å². The predicted octanol–water partition coefficient (Wildman–Crippen LogP) is 1.31. The topological polar surface area (TPSA) is 59.4 Å². The fourth-order valence-corrected chi connectivity index (χ4v) is 1.31. The van der Waals surface area contributed by atoms with Gasteiger partial charge < -0.3 is 9.84 Å². The zero-order chi connectivity index (χ0) is 11.3. The molecular formula is C11H15NO3. The van der Waals surface area contributed by atoms with Crippen LogP contribution in [0.2, 0.25) is 0 Å². The van der Waals surface area contributed by atoms with Crippen LogP contribution in [0.3, 0.4) is 0 Å². The third-order valence-electron chi connectivity index (χ3n) is 2.10. The number of aliphatic hydroxyl groups is 1. The zero-order valence-electron chi connectivity index (χ0n) is 8.99. The van der Waals surface area contributed by atoms with E-state index in [0.717, 1.165) is 12.0 Å². The monoisotopic (exact) mass is 209 g/mol. The van der Waals surface area contributed by atoms with Gasteiger partial charge in [0.15, 0.2) is 0 Å². The first-order valence-electron chi connectivity index (χ1n) is 4.98. The SMILES string of the molecule is CCOC(=O)c1cnc(CO)c(CC)c1. The number of aryl methyl sites for hydroxylation is 1. The normalized spacial score (nSPS) is 10.1. The summed E-state index contributed by atoms with van der Waals surface area (Å²) in [5.74, 6) is -0.371. The van der Waals surface area contributed by atoms with Gasteiger partial charge in [0.05, 0.1) is 24.5 Å². The molecule has 0 spiro atoms. The predicted molar refractivity (Wildman–Crippen MR) is 55.5 cm³/mol. The van der Waals surface area contributed by atoms with Crippen LogP contribution >= 0.6 is 0 Å². The summed E-state index contributed by atoms with van der Waals surface area (Å²) in [4.78, 5) is 15.4. The smallest absolute Gasteiger partial charge is 0.339 e. The molecule has 0 amide bonds. The average molecular weight is 209 g/mol. The second-order valence-corrected chi connectivity index (χ2v) is 3.06. The standard InChI is InChI=1S/C11H15NO3/c1-3-8-5-9(11(14)15-4-2)6-12-10(8)7-13/h5-6,13H,3-4,7H2,1-2H3. The number of carbonyl (C=O) groups is 1. The number of aliphatic hydroxyl groups excluding tert-OH is 1. The number of ether oxygens (including phenoxy) is 1. The van der Waals surface area contributed by atoms with E-state index in [0.29, 0.717) is 17.9 Å². The van der Waals surface area contributed by atoms with Gasteiger partial charge in [-0.05, 0) is 25.0 Å². The van der Waals surface area contributed by atoms with Crippen LogP contribution in [0.15, 0.2) is 12.3 Å². The highest BCUT2D eigenvalue weighted by molar-refractivity contribution is 5.89. The lowest BCUT2D eigenvalue weighted by Crippen LogP contribution is -2.07. The Morgan fingerprint density at radius 1 is 1.53 bits per heavy atom. The number of pyridine rings is 1. The molecule has 4 nitrogen and oxygen atoms in total. The van der Waals surface area contributed by atoms with Crippen LogP contribution in [-0.4, -0.2) is 22.7 Å². The van der Waals surface area contributed by atoms with E-state index in [-0.39, 0.29) is 12.6 Å². The molecule has 0 saturated heterocycles. The lowest BCUT2D eigenvalue weighted by atomic mass is 10.1. The molecule has 0 atom stereocenters. The van der Waals surface area contributed by atoms with Crippen molar-refractivity contribution in [3.63, 3.8) is 0 Å². The Kier molecular flexibility index (Phi) is 4.24. The van der Waals surface area contributed by atoms with Crippen LogP contribution in [-0.2, 0) is 17.8 Å². The Labute approximate surface area is 88.9 Å². The molecule has 0 bridgehead atoms. The molecule has 0 aliphatic rings. The zero-order valence-corrected chi connectivity index (χ0v) is 8.99. The van der Waals surface area contributed by atoms with Crippen LogP contribution in [0.25, 0.3) is 0 Å². The third-order valence-corrected chi connectivity index (χ3v) is 2.10. The Morgan fingerprint density at radius 3 is 2.80 bits per heavy atom. The number of hydrogen-bond donors (Lipinski definition) is 1. The van der Waals surface area contributed by atoms with Crippen LogP contribution in [0.5, 0.6) is 0 Å². The average Bonchev–Trinajstić information content (AvgIpc) is 2.28. The second-order valence-electron chi connectivity index (χ2n) is 3.06. The number of aromatic nitrogens is 1. The van der Waals surface area contributed by atoms with E-state index in [2.05, 4.69) is 4.98 Å². The van der Waals surface area contributed by atoms with E-state index in [1.807, 2.05) is 6.92 Å². The molecule has 0 unspecified atom stereocenters. The quantitative estimate of drug-likeness (QED) is 0.759. The lowest BCUT2D eigenvalue weighted by molar-refractivity contribution is 0.0525. The third kappa shape index (κ3) is 2.76. The molecule has 0 aliphatic carbocycles. The highest BCUT2D eigenvalue weighted by atomic mass is 16.5. The molecule has 82 valence electrons. The van der Waals surface area contributed by atoms with Crippen LogP contribution < -0.4 is 0 Å². The van der Waals surface area contributed by atoms with Crippen molar-refractivity contribution in [3.8, 4) is 0 Å². The molecule has 1 N–H and O–H groups in total.